The van der Waals surface area contributed by atoms with E-state index < -0.39 is 0 Å². The van der Waals surface area contributed by atoms with E-state index in [9.17, 15) is 5.11 Å². The fourth-order valence-corrected chi connectivity index (χ4v) is 4.70. The van der Waals surface area contributed by atoms with Gasteiger partial charge in [-0.25, -0.2) is 15.0 Å². The standard InChI is InChI=1S/C30H28N4O3S/c1-19(2)26-14-13-25-29(33-26)31-18-32-30(25)34-27-16-23(37-17-20-4-8-22(36-3)9-5-20)10-15-28(27)38-24-11-6-21(35)7-12-24/h4-16,18-19,35H,17H2,1-3H3,(H,31,32,33,34). The molecule has 0 fully saturated rings. The molecule has 0 aliphatic rings. The lowest BCUT2D eigenvalue weighted by molar-refractivity contribution is 0.306. The van der Waals surface area contributed by atoms with Gasteiger partial charge in [0.2, 0.25) is 0 Å². The van der Waals surface area contributed by atoms with E-state index in [2.05, 4.69) is 29.1 Å². The molecule has 0 saturated carbocycles. The normalized spacial score (nSPS) is 11.1. The van der Waals surface area contributed by atoms with Crippen molar-refractivity contribution in [2.45, 2.75) is 36.2 Å². The molecule has 0 saturated heterocycles. The highest BCUT2D eigenvalue weighted by Crippen LogP contribution is 2.38. The maximum atomic E-state index is 9.68. The zero-order valence-electron chi connectivity index (χ0n) is 21.4. The third-order valence-corrected chi connectivity index (χ3v) is 7.03. The number of nitrogens with one attached hydrogen (secondary N) is 1. The van der Waals surface area contributed by atoms with Crippen molar-refractivity contribution in [1.82, 2.24) is 15.0 Å². The van der Waals surface area contributed by atoms with E-state index in [1.807, 2.05) is 66.7 Å². The Morgan fingerprint density at radius 3 is 2.39 bits per heavy atom. The lowest BCUT2D eigenvalue weighted by Crippen LogP contribution is -2.01. The number of methoxy groups -OCH3 is 1. The lowest BCUT2D eigenvalue weighted by atomic mass is 10.1. The van der Waals surface area contributed by atoms with Crippen LogP contribution in [0.1, 0.15) is 31.0 Å². The molecule has 192 valence electrons. The molecule has 0 aliphatic heterocycles. The largest absolute Gasteiger partial charge is 0.508 e. The molecule has 0 bridgehead atoms. The summed E-state index contributed by atoms with van der Waals surface area (Å²) < 4.78 is 11.4. The van der Waals surface area contributed by atoms with Crippen LogP contribution in [0.5, 0.6) is 17.2 Å². The van der Waals surface area contributed by atoms with Crippen molar-refractivity contribution in [2.24, 2.45) is 0 Å². The first-order chi connectivity index (χ1) is 18.5. The predicted molar refractivity (Wildman–Crippen MR) is 151 cm³/mol. The highest BCUT2D eigenvalue weighted by molar-refractivity contribution is 7.99. The number of benzene rings is 3. The number of hydrogen-bond acceptors (Lipinski definition) is 8. The molecule has 0 radical (unpaired) electrons. The van der Waals surface area contributed by atoms with Gasteiger partial charge in [-0.15, -0.1) is 0 Å². The van der Waals surface area contributed by atoms with Crippen LogP contribution >= 0.6 is 11.8 Å². The predicted octanol–water partition coefficient (Wildman–Crippen LogP) is 7.34. The molecule has 0 amide bonds. The Kier molecular flexibility index (Phi) is 7.60. The summed E-state index contributed by atoms with van der Waals surface area (Å²) in [6.45, 7) is 4.64. The molecule has 0 aliphatic carbocycles. The Balaban J connectivity index is 1.46. The Bertz CT molecular complexity index is 1540. The van der Waals surface area contributed by atoms with Crippen molar-refractivity contribution in [3.63, 3.8) is 0 Å². The summed E-state index contributed by atoms with van der Waals surface area (Å²) in [6, 6.07) is 24.9. The Morgan fingerprint density at radius 2 is 1.66 bits per heavy atom. The van der Waals surface area contributed by atoms with Crippen LogP contribution in [0.15, 0.2) is 95.0 Å². The van der Waals surface area contributed by atoms with Gasteiger partial charge in [0.15, 0.2) is 5.65 Å². The second-order valence-electron chi connectivity index (χ2n) is 9.00. The second kappa shape index (κ2) is 11.4. The summed E-state index contributed by atoms with van der Waals surface area (Å²) in [6.07, 6.45) is 1.53. The van der Waals surface area contributed by atoms with Crippen molar-refractivity contribution in [3.05, 3.63) is 96.4 Å². The molecular formula is C30H28N4O3S. The number of rotatable bonds is 9. The van der Waals surface area contributed by atoms with E-state index in [0.717, 1.165) is 43.6 Å². The molecule has 5 rings (SSSR count). The van der Waals surface area contributed by atoms with Gasteiger partial charge < -0.3 is 19.9 Å². The number of hydrogen-bond donors (Lipinski definition) is 2. The average molecular weight is 525 g/mol. The number of pyridine rings is 1. The number of aromatic hydroxyl groups is 1. The number of nitrogens with zero attached hydrogens (tertiary/aromatic N) is 3. The number of phenols is 1. The molecule has 7 nitrogen and oxygen atoms in total. The van der Waals surface area contributed by atoms with Crippen LogP contribution in [-0.2, 0) is 6.61 Å². The first-order valence-corrected chi connectivity index (χ1v) is 13.1. The van der Waals surface area contributed by atoms with Crippen LogP contribution < -0.4 is 14.8 Å². The van der Waals surface area contributed by atoms with E-state index in [0.29, 0.717) is 24.0 Å². The molecule has 2 aromatic heterocycles. The van der Waals surface area contributed by atoms with Crippen molar-refractivity contribution in [2.75, 3.05) is 12.4 Å². The third kappa shape index (κ3) is 5.98. The van der Waals surface area contributed by atoms with Gasteiger partial charge >= 0.3 is 0 Å². The van der Waals surface area contributed by atoms with Crippen LogP contribution in [0.25, 0.3) is 11.0 Å². The van der Waals surface area contributed by atoms with E-state index >= 15 is 0 Å². The highest BCUT2D eigenvalue weighted by atomic mass is 32.2. The maximum absolute atomic E-state index is 9.68. The quantitative estimate of drug-likeness (QED) is 0.207. The van der Waals surface area contributed by atoms with Crippen LogP contribution in [0.2, 0.25) is 0 Å². The van der Waals surface area contributed by atoms with E-state index in [-0.39, 0.29) is 5.75 Å². The minimum absolute atomic E-state index is 0.232. The van der Waals surface area contributed by atoms with Gasteiger partial charge in [0.05, 0.1) is 18.2 Å². The van der Waals surface area contributed by atoms with Crippen LogP contribution in [-0.4, -0.2) is 27.2 Å². The Morgan fingerprint density at radius 1 is 0.895 bits per heavy atom. The van der Waals surface area contributed by atoms with Crippen molar-refractivity contribution in [1.29, 1.82) is 0 Å². The Hall–Kier alpha value is -4.30. The number of phenolic OH excluding ortho intramolecular Hbond substituents is 1. The van der Waals surface area contributed by atoms with Gasteiger partial charge in [0, 0.05) is 21.6 Å². The van der Waals surface area contributed by atoms with Crippen molar-refractivity contribution >= 4 is 34.3 Å². The SMILES string of the molecule is COc1ccc(COc2ccc(Sc3ccc(O)cc3)c(Nc3ncnc4nc(C(C)C)ccc34)c2)cc1. The van der Waals surface area contributed by atoms with Gasteiger partial charge in [-0.1, -0.05) is 37.7 Å². The molecule has 2 heterocycles. The van der Waals surface area contributed by atoms with Crippen molar-refractivity contribution < 1.29 is 14.6 Å². The monoisotopic (exact) mass is 524 g/mol. The zero-order valence-corrected chi connectivity index (χ0v) is 22.2. The van der Waals surface area contributed by atoms with E-state index in [1.165, 1.54) is 6.33 Å². The van der Waals surface area contributed by atoms with Crippen LogP contribution in [0, 0.1) is 0 Å². The molecule has 0 unspecified atom stereocenters. The highest BCUT2D eigenvalue weighted by Gasteiger charge is 2.13. The molecule has 8 heteroatoms. The van der Waals surface area contributed by atoms with E-state index in [1.54, 1.807) is 31.0 Å². The summed E-state index contributed by atoms with van der Waals surface area (Å²) in [5.74, 6) is 2.73. The average Bonchev–Trinajstić information content (AvgIpc) is 2.94. The van der Waals surface area contributed by atoms with Gasteiger partial charge in [0.1, 0.15) is 36.0 Å². The molecule has 0 spiro atoms. The van der Waals surface area contributed by atoms with E-state index in [4.69, 9.17) is 14.5 Å². The summed E-state index contributed by atoms with van der Waals surface area (Å²) in [5.41, 5.74) is 3.51. The smallest absolute Gasteiger partial charge is 0.164 e. The topological polar surface area (TPSA) is 89.4 Å². The summed E-state index contributed by atoms with van der Waals surface area (Å²) in [5, 5.41) is 14.0. The minimum Gasteiger partial charge on any atom is -0.508 e. The van der Waals surface area contributed by atoms with Gasteiger partial charge in [-0.3, -0.25) is 0 Å². The Labute approximate surface area is 225 Å². The maximum Gasteiger partial charge on any atom is 0.164 e. The zero-order chi connectivity index (χ0) is 26.5. The second-order valence-corrected chi connectivity index (χ2v) is 10.1. The fraction of sp³-hybridized carbons (Fsp3) is 0.167. The molecule has 0 atom stereocenters. The lowest BCUT2D eigenvalue weighted by Gasteiger charge is -2.15. The summed E-state index contributed by atoms with van der Waals surface area (Å²) in [7, 11) is 1.65. The summed E-state index contributed by atoms with van der Waals surface area (Å²) >= 11 is 1.58. The fourth-order valence-electron chi connectivity index (χ4n) is 3.82. The third-order valence-electron chi connectivity index (χ3n) is 5.94. The van der Waals surface area contributed by atoms with Crippen molar-refractivity contribution in [3.8, 4) is 17.2 Å². The molecule has 5 aromatic rings. The number of anilines is 2. The number of aromatic nitrogens is 3. The molecule has 2 N–H and O–H groups in total. The van der Waals surface area contributed by atoms with Crippen LogP contribution in [0.3, 0.4) is 0 Å². The molecule has 3 aromatic carbocycles. The van der Waals surface area contributed by atoms with Gasteiger partial charge in [-0.2, -0.15) is 0 Å². The minimum atomic E-state index is 0.232. The van der Waals surface area contributed by atoms with Gasteiger partial charge in [0.25, 0.3) is 0 Å². The first kappa shape index (κ1) is 25.4. The number of ether oxygens (including phenoxy) is 2. The van der Waals surface area contributed by atoms with Gasteiger partial charge in [-0.05, 0) is 72.1 Å². The number of fused-ring (bicyclic) bond motifs is 1. The molecular weight excluding hydrogens is 496 g/mol. The molecule has 38 heavy (non-hydrogen) atoms. The first-order valence-electron chi connectivity index (χ1n) is 12.2. The summed E-state index contributed by atoms with van der Waals surface area (Å²) in [4.78, 5) is 15.6. The van der Waals surface area contributed by atoms with Crippen LogP contribution in [0.4, 0.5) is 11.5 Å².